The molecule has 0 unspecified atom stereocenters. The van der Waals surface area contributed by atoms with Crippen molar-refractivity contribution in [3.63, 3.8) is 0 Å². The van der Waals surface area contributed by atoms with Gasteiger partial charge in [0.05, 0.1) is 6.10 Å². The molecule has 0 fully saturated rings. The molecule has 68 valence electrons. The summed E-state index contributed by atoms with van der Waals surface area (Å²) in [7, 11) is 0. The lowest BCUT2D eigenvalue weighted by Crippen LogP contribution is -2.41. The molecule has 0 heterocycles. The van der Waals surface area contributed by atoms with Crippen LogP contribution in [0.25, 0.3) is 0 Å². The normalized spacial score (nSPS) is 34.8. The predicted octanol–water partition coefficient (Wildman–Crippen LogP) is 1.54. The molecule has 0 bridgehead atoms. The van der Waals surface area contributed by atoms with Gasteiger partial charge >= 0.3 is 0 Å². The molecule has 0 radical (unpaired) electrons. The van der Waals surface area contributed by atoms with Gasteiger partial charge in [0, 0.05) is 5.41 Å². The number of allylic oxidation sites excluding steroid dienone is 1. The van der Waals surface area contributed by atoms with Crippen LogP contribution in [0, 0.1) is 11.3 Å². The summed E-state index contributed by atoms with van der Waals surface area (Å²) < 4.78 is 0. The summed E-state index contributed by atoms with van der Waals surface area (Å²) in [5.74, 6) is 0.161. The Labute approximate surface area is 73.3 Å². The van der Waals surface area contributed by atoms with E-state index in [1.54, 1.807) is 13.0 Å². The Bertz CT molecular complexity index is 238. The fourth-order valence-corrected chi connectivity index (χ4v) is 1.62. The van der Waals surface area contributed by atoms with Gasteiger partial charge in [0.25, 0.3) is 0 Å². The zero-order chi connectivity index (χ0) is 9.52. The minimum absolute atomic E-state index is 0.00806. The highest BCUT2D eigenvalue weighted by atomic mass is 16.3. The largest absolute Gasteiger partial charge is 0.389 e. The average molecular weight is 168 g/mol. The number of ketones is 1. The van der Waals surface area contributed by atoms with Crippen molar-refractivity contribution in [3.05, 3.63) is 11.6 Å². The zero-order valence-corrected chi connectivity index (χ0v) is 8.09. The maximum Gasteiger partial charge on any atom is 0.164 e. The Morgan fingerprint density at radius 3 is 2.50 bits per heavy atom. The fraction of sp³-hybridized carbons (Fsp3) is 0.700. The molecule has 1 rings (SSSR count). The van der Waals surface area contributed by atoms with Crippen molar-refractivity contribution in [2.45, 2.75) is 33.8 Å². The van der Waals surface area contributed by atoms with E-state index in [-0.39, 0.29) is 11.7 Å². The first-order chi connectivity index (χ1) is 5.37. The van der Waals surface area contributed by atoms with Crippen LogP contribution >= 0.6 is 0 Å². The van der Waals surface area contributed by atoms with Gasteiger partial charge in [-0.1, -0.05) is 20.8 Å². The molecule has 1 N–H and O–H groups in total. The number of carbonyl (C=O) groups is 1. The fourth-order valence-electron chi connectivity index (χ4n) is 1.62. The Kier molecular flexibility index (Phi) is 2.13. The van der Waals surface area contributed by atoms with Crippen molar-refractivity contribution >= 4 is 5.78 Å². The van der Waals surface area contributed by atoms with Gasteiger partial charge in [-0.2, -0.15) is 0 Å². The van der Waals surface area contributed by atoms with Gasteiger partial charge in [0.1, 0.15) is 0 Å². The van der Waals surface area contributed by atoms with Crippen LogP contribution < -0.4 is 0 Å². The van der Waals surface area contributed by atoms with Crippen LogP contribution in [0.4, 0.5) is 0 Å². The lowest BCUT2D eigenvalue weighted by Gasteiger charge is -2.36. The summed E-state index contributed by atoms with van der Waals surface area (Å²) in [5, 5.41) is 9.57. The number of aliphatic hydroxyl groups is 1. The molecule has 1 aliphatic carbocycles. The molecule has 0 aromatic carbocycles. The quantitative estimate of drug-likeness (QED) is 0.595. The number of hydrogen-bond acceptors (Lipinski definition) is 2. The van der Waals surface area contributed by atoms with E-state index in [0.29, 0.717) is 5.57 Å². The van der Waals surface area contributed by atoms with Crippen LogP contribution in [-0.2, 0) is 4.79 Å². The highest BCUT2D eigenvalue weighted by molar-refractivity contribution is 6.00. The first-order valence-corrected chi connectivity index (χ1v) is 4.28. The Morgan fingerprint density at radius 2 is 2.00 bits per heavy atom. The van der Waals surface area contributed by atoms with Crippen LogP contribution in [0.3, 0.4) is 0 Å². The topological polar surface area (TPSA) is 37.3 Å². The summed E-state index contributed by atoms with van der Waals surface area (Å²) >= 11 is 0. The van der Waals surface area contributed by atoms with Gasteiger partial charge in [-0.15, -0.1) is 0 Å². The predicted molar refractivity (Wildman–Crippen MR) is 47.7 cm³/mol. The third kappa shape index (κ3) is 1.20. The molecule has 12 heavy (non-hydrogen) atoms. The molecular formula is C10H16O2. The van der Waals surface area contributed by atoms with Crippen LogP contribution in [0.5, 0.6) is 0 Å². The van der Waals surface area contributed by atoms with Crippen molar-refractivity contribution in [1.29, 1.82) is 0 Å². The number of carbonyl (C=O) groups excluding carboxylic acids is 1. The monoisotopic (exact) mass is 168 g/mol. The summed E-state index contributed by atoms with van der Waals surface area (Å²) in [6, 6.07) is 0. The van der Waals surface area contributed by atoms with Gasteiger partial charge in [0.2, 0.25) is 0 Å². The van der Waals surface area contributed by atoms with Crippen molar-refractivity contribution < 1.29 is 9.90 Å². The molecule has 0 saturated carbocycles. The van der Waals surface area contributed by atoms with Gasteiger partial charge < -0.3 is 5.11 Å². The Hall–Kier alpha value is -0.630. The summed E-state index contributed by atoms with van der Waals surface area (Å²) in [6.45, 7) is 7.45. The molecule has 2 nitrogen and oxygen atoms in total. The van der Waals surface area contributed by atoms with E-state index in [1.807, 2.05) is 20.8 Å². The van der Waals surface area contributed by atoms with E-state index < -0.39 is 11.5 Å². The van der Waals surface area contributed by atoms with E-state index >= 15 is 0 Å². The summed E-state index contributed by atoms with van der Waals surface area (Å²) in [6.07, 6.45) is 1.18. The van der Waals surface area contributed by atoms with E-state index in [4.69, 9.17) is 0 Å². The van der Waals surface area contributed by atoms with Crippen LogP contribution in [0.15, 0.2) is 11.6 Å². The van der Waals surface area contributed by atoms with Gasteiger partial charge in [-0.3, -0.25) is 4.79 Å². The molecule has 0 amide bonds. The molecule has 0 spiro atoms. The second-order valence-electron chi connectivity index (χ2n) is 4.18. The minimum atomic E-state index is -0.474. The molecule has 1 aliphatic rings. The first-order valence-electron chi connectivity index (χ1n) is 4.28. The highest BCUT2D eigenvalue weighted by Gasteiger charge is 2.40. The van der Waals surface area contributed by atoms with Crippen LogP contribution in [0.1, 0.15) is 27.7 Å². The number of hydrogen-bond donors (Lipinski definition) is 1. The van der Waals surface area contributed by atoms with Crippen molar-refractivity contribution in [2.75, 3.05) is 0 Å². The maximum absolute atomic E-state index is 11.6. The van der Waals surface area contributed by atoms with Crippen molar-refractivity contribution in [2.24, 2.45) is 11.3 Å². The molecule has 2 atom stereocenters. The average Bonchev–Trinajstić information content (AvgIpc) is 1.99. The highest BCUT2D eigenvalue weighted by Crippen LogP contribution is 2.37. The van der Waals surface area contributed by atoms with Crippen molar-refractivity contribution in [1.82, 2.24) is 0 Å². The summed E-state index contributed by atoms with van der Waals surface area (Å²) in [4.78, 5) is 11.6. The second kappa shape index (κ2) is 2.70. The third-order valence-corrected chi connectivity index (χ3v) is 3.01. The lowest BCUT2D eigenvalue weighted by molar-refractivity contribution is -0.128. The Morgan fingerprint density at radius 1 is 1.50 bits per heavy atom. The lowest BCUT2D eigenvalue weighted by atomic mass is 9.68. The van der Waals surface area contributed by atoms with Gasteiger partial charge in [-0.25, -0.2) is 0 Å². The van der Waals surface area contributed by atoms with Crippen LogP contribution in [-0.4, -0.2) is 17.0 Å². The third-order valence-electron chi connectivity index (χ3n) is 3.01. The SMILES string of the molecule is CC1=C[C@@H](O)[C@@H](C)C(C)(C)C1=O. The van der Waals surface area contributed by atoms with Gasteiger partial charge in [0.15, 0.2) is 5.78 Å². The van der Waals surface area contributed by atoms with Crippen LogP contribution in [0.2, 0.25) is 0 Å². The minimum Gasteiger partial charge on any atom is -0.389 e. The van der Waals surface area contributed by atoms with Crippen molar-refractivity contribution in [3.8, 4) is 0 Å². The standard InChI is InChI=1S/C10H16O2/c1-6-5-8(11)7(2)10(3,4)9(6)12/h5,7-8,11H,1-4H3/t7-,8-/m1/s1. The van der Waals surface area contributed by atoms with E-state index in [0.717, 1.165) is 0 Å². The molecule has 2 heteroatoms. The molecule has 0 aliphatic heterocycles. The molecule has 0 saturated heterocycles. The van der Waals surface area contributed by atoms with Gasteiger partial charge in [-0.05, 0) is 24.5 Å². The Balaban J connectivity index is 3.09. The maximum atomic E-state index is 11.6. The van der Waals surface area contributed by atoms with E-state index in [9.17, 15) is 9.90 Å². The second-order valence-corrected chi connectivity index (χ2v) is 4.18. The number of aliphatic hydroxyl groups excluding tert-OH is 1. The number of rotatable bonds is 0. The number of Topliss-reactive ketones (excluding diaryl/α,β-unsaturated/α-hetero) is 1. The zero-order valence-electron chi connectivity index (χ0n) is 8.09. The molecular weight excluding hydrogens is 152 g/mol. The first kappa shape index (κ1) is 9.46. The van der Waals surface area contributed by atoms with E-state index in [2.05, 4.69) is 0 Å². The van der Waals surface area contributed by atoms with E-state index in [1.165, 1.54) is 0 Å². The molecule has 0 aromatic heterocycles. The molecule has 0 aromatic rings. The smallest absolute Gasteiger partial charge is 0.164 e. The summed E-state index contributed by atoms with van der Waals surface area (Å²) in [5.41, 5.74) is 0.267.